The summed E-state index contributed by atoms with van der Waals surface area (Å²) < 4.78 is 0. The van der Waals surface area contributed by atoms with E-state index in [0.29, 0.717) is 13.0 Å². The Morgan fingerprint density at radius 2 is 1.72 bits per heavy atom. The first-order valence-electron chi connectivity index (χ1n) is 9.85. The Morgan fingerprint density at radius 1 is 1.03 bits per heavy atom. The molecule has 152 valence electrons. The number of phenols is 1. The lowest BCUT2D eigenvalue weighted by Gasteiger charge is -2.55. The topological polar surface area (TPSA) is 76.1 Å². The van der Waals surface area contributed by atoms with E-state index in [0.717, 1.165) is 11.1 Å². The van der Waals surface area contributed by atoms with Crippen LogP contribution in [-0.4, -0.2) is 63.7 Å². The Hall–Kier alpha value is -2.90. The number of hydrazine groups is 1. The zero-order chi connectivity index (χ0) is 20.5. The molecule has 7 nitrogen and oxygen atoms in total. The summed E-state index contributed by atoms with van der Waals surface area (Å²) in [4.78, 5) is 27.6. The number of piperazine rings is 1. The number of amides is 2. The van der Waals surface area contributed by atoms with Crippen molar-refractivity contribution >= 4 is 11.8 Å². The Bertz CT molecular complexity index is 887. The van der Waals surface area contributed by atoms with Crippen molar-refractivity contribution in [1.29, 1.82) is 0 Å². The molecule has 3 unspecified atom stereocenters. The van der Waals surface area contributed by atoms with Gasteiger partial charge in [-0.1, -0.05) is 42.5 Å². The number of carbonyl (C=O) groups excluding carboxylic acids is 2. The van der Waals surface area contributed by atoms with Gasteiger partial charge in [0.1, 0.15) is 18.0 Å². The van der Waals surface area contributed by atoms with Crippen molar-refractivity contribution in [3.63, 3.8) is 0 Å². The first kappa shape index (κ1) is 19.4. The van der Waals surface area contributed by atoms with Crippen LogP contribution >= 0.6 is 0 Å². The first-order chi connectivity index (χ1) is 13.9. The molecule has 3 atom stereocenters. The molecule has 0 aromatic heterocycles. The number of rotatable bonds is 4. The van der Waals surface area contributed by atoms with Gasteiger partial charge in [0.15, 0.2) is 0 Å². The Balaban J connectivity index is 1.64. The third-order valence-corrected chi connectivity index (χ3v) is 5.69. The molecular formula is C22H26N4O3. The molecule has 2 aliphatic rings. The SMILES string of the molecule is CC1NC(=O)C(Cc2ccc(O)cc2)N2C(=O)CN(C)N(Cc3ccccc3)C12. The molecule has 0 aliphatic carbocycles. The molecule has 29 heavy (non-hydrogen) atoms. The number of nitrogens with one attached hydrogen (secondary N) is 1. The second-order valence-electron chi connectivity index (χ2n) is 7.80. The first-order valence-corrected chi connectivity index (χ1v) is 9.85. The third kappa shape index (κ3) is 3.83. The summed E-state index contributed by atoms with van der Waals surface area (Å²) in [7, 11) is 1.91. The van der Waals surface area contributed by atoms with Gasteiger partial charge in [-0.25, -0.2) is 10.0 Å². The molecule has 4 rings (SSSR count). The predicted molar refractivity (Wildman–Crippen MR) is 108 cm³/mol. The maximum absolute atomic E-state index is 13.0. The minimum absolute atomic E-state index is 0.0488. The lowest BCUT2D eigenvalue weighted by atomic mass is 9.97. The third-order valence-electron chi connectivity index (χ3n) is 5.69. The van der Waals surface area contributed by atoms with E-state index >= 15 is 0 Å². The molecule has 0 radical (unpaired) electrons. The number of hydrogen-bond donors (Lipinski definition) is 2. The Morgan fingerprint density at radius 3 is 2.41 bits per heavy atom. The minimum atomic E-state index is -0.583. The highest BCUT2D eigenvalue weighted by atomic mass is 16.3. The molecule has 7 heteroatoms. The quantitative estimate of drug-likeness (QED) is 0.819. The Kier molecular flexibility index (Phi) is 5.25. The number of nitrogens with zero attached hydrogens (tertiary/aromatic N) is 3. The van der Waals surface area contributed by atoms with Crippen LogP contribution in [0.5, 0.6) is 5.75 Å². The van der Waals surface area contributed by atoms with Crippen molar-refractivity contribution in [3.05, 3.63) is 65.7 Å². The molecule has 2 N–H and O–H groups in total. The summed E-state index contributed by atoms with van der Waals surface area (Å²) in [6.07, 6.45) is 0.144. The number of carbonyl (C=O) groups is 2. The van der Waals surface area contributed by atoms with Crippen molar-refractivity contribution in [2.75, 3.05) is 13.6 Å². The Labute approximate surface area is 170 Å². The van der Waals surface area contributed by atoms with Gasteiger partial charge in [0, 0.05) is 20.0 Å². The molecule has 2 heterocycles. The molecule has 0 bridgehead atoms. The highest BCUT2D eigenvalue weighted by Gasteiger charge is 2.49. The van der Waals surface area contributed by atoms with Crippen LogP contribution in [0.2, 0.25) is 0 Å². The smallest absolute Gasteiger partial charge is 0.243 e. The van der Waals surface area contributed by atoms with Crippen LogP contribution in [0, 0.1) is 0 Å². The summed E-state index contributed by atoms with van der Waals surface area (Å²) >= 11 is 0. The van der Waals surface area contributed by atoms with Crippen LogP contribution in [0.25, 0.3) is 0 Å². The van der Waals surface area contributed by atoms with Crippen LogP contribution in [0.4, 0.5) is 0 Å². The highest BCUT2D eigenvalue weighted by Crippen LogP contribution is 2.28. The fraction of sp³-hybridized carbons (Fsp3) is 0.364. The maximum atomic E-state index is 13.0. The maximum Gasteiger partial charge on any atom is 0.243 e. The van der Waals surface area contributed by atoms with Crippen LogP contribution in [0.15, 0.2) is 54.6 Å². The molecule has 2 amide bonds. The van der Waals surface area contributed by atoms with Crippen molar-refractivity contribution < 1.29 is 14.7 Å². The van der Waals surface area contributed by atoms with Gasteiger partial charge in [-0.05, 0) is 30.2 Å². The molecule has 2 aliphatic heterocycles. The van der Waals surface area contributed by atoms with Gasteiger partial charge in [-0.2, -0.15) is 0 Å². The molecule has 2 aromatic carbocycles. The zero-order valence-electron chi connectivity index (χ0n) is 16.7. The number of aromatic hydroxyl groups is 1. The monoisotopic (exact) mass is 394 g/mol. The van der Waals surface area contributed by atoms with Crippen molar-refractivity contribution in [2.24, 2.45) is 0 Å². The van der Waals surface area contributed by atoms with E-state index in [4.69, 9.17) is 0 Å². The van der Waals surface area contributed by atoms with Gasteiger partial charge in [0.2, 0.25) is 11.8 Å². The summed E-state index contributed by atoms with van der Waals surface area (Å²) in [5.74, 6) is -0.00951. The normalized spacial score (nSPS) is 25.6. The summed E-state index contributed by atoms with van der Waals surface area (Å²) in [5, 5.41) is 16.7. The van der Waals surface area contributed by atoms with Gasteiger partial charge >= 0.3 is 0 Å². The summed E-state index contributed by atoms with van der Waals surface area (Å²) in [6, 6.07) is 16.1. The van der Waals surface area contributed by atoms with Crippen LogP contribution < -0.4 is 5.32 Å². The number of hydrogen-bond acceptors (Lipinski definition) is 5. The van der Waals surface area contributed by atoms with E-state index in [1.54, 1.807) is 29.2 Å². The van der Waals surface area contributed by atoms with Gasteiger partial charge in [-0.15, -0.1) is 0 Å². The second kappa shape index (κ2) is 7.85. The van der Waals surface area contributed by atoms with Crippen LogP contribution in [0.1, 0.15) is 18.1 Å². The van der Waals surface area contributed by atoms with E-state index in [1.165, 1.54) is 0 Å². The molecule has 2 aromatic rings. The predicted octanol–water partition coefficient (Wildman–Crippen LogP) is 1.34. The van der Waals surface area contributed by atoms with Crippen molar-refractivity contribution in [3.8, 4) is 5.75 Å². The fourth-order valence-electron chi connectivity index (χ4n) is 4.27. The molecule has 2 fully saturated rings. The number of phenolic OH excluding ortho intramolecular Hbond substituents is 1. The number of likely N-dealkylation sites (N-methyl/N-ethyl adjacent to an activating group) is 1. The highest BCUT2D eigenvalue weighted by molar-refractivity contribution is 5.90. The van der Waals surface area contributed by atoms with Crippen LogP contribution in [0.3, 0.4) is 0 Å². The second-order valence-corrected chi connectivity index (χ2v) is 7.80. The molecule has 0 spiro atoms. The van der Waals surface area contributed by atoms with Crippen molar-refractivity contribution in [2.45, 2.75) is 38.1 Å². The van der Waals surface area contributed by atoms with Gasteiger partial charge < -0.3 is 15.3 Å². The van der Waals surface area contributed by atoms with E-state index in [1.807, 2.05) is 37.2 Å². The zero-order valence-corrected chi connectivity index (χ0v) is 16.7. The largest absolute Gasteiger partial charge is 0.508 e. The van der Waals surface area contributed by atoms with Gasteiger partial charge in [0.25, 0.3) is 0 Å². The molecular weight excluding hydrogens is 368 g/mol. The van der Waals surface area contributed by atoms with E-state index in [2.05, 4.69) is 22.5 Å². The van der Waals surface area contributed by atoms with Crippen LogP contribution in [-0.2, 0) is 22.6 Å². The standard InChI is InChI=1S/C22H26N4O3/c1-15-22-25(13-17-6-4-3-5-7-17)24(2)14-20(28)26(22)19(21(29)23-15)12-16-8-10-18(27)11-9-16/h3-11,15,19,22,27H,12-14H2,1-2H3,(H,23,29). The molecule has 0 saturated carbocycles. The van der Waals surface area contributed by atoms with Gasteiger partial charge in [-0.3, -0.25) is 9.59 Å². The average molecular weight is 394 g/mol. The fourth-order valence-corrected chi connectivity index (χ4v) is 4.27. The summed E-state index contributed by atoms with van der Waals surface area (Å²) in [6.45, 7) is 2.82. The van der Waals surface area contributed by atoms with Crippen molar-refractivity contribution in [1.82, 2.24) is 20.2 Å². The average Bonchev–Trinajstić information content (AvgIpc) is 2.69. The minimum Gasteiger partial charge on any atom is -0.508 e. The van der Waals surface area contributed by atoms with E-state index in [-0.39, 0.29) is 36.3 Å². The number of fused-ring (bicyclic) bond motifs is 1. The lowest BCUT2D eigenvalue weighted by molar-refractivity contribution is -0.197. The summed E-state index contributed by atoms with van der Waals surface area (Å²) in [5.41, 5.74) is 2.05. The number of benzene rings is 2. The molecule has 2 saturated heterocycles. The van der Waals surface area contributed by atoms with E-state index in [9.17, 15) is 14.7 Å². The lowest BCUT2D eigenvalue weighted by Crippen LogP contribution is -2.76. The van der Waals surface area contributed by atoms with Gasteiger partial charge in [0.05, 0.1) is 12.6 Å². The van der Waals surface area contributed by atoms with E-state index < -0.39 is 6.04 Å².